The SMILES string of the molecule is O=c1c2c(-c3cccc4ccncc34)c3ccccc3n2c2ccccc2n1-c1ccc2oc3ccccc3c2c1. The Bertz CT molecular complexity index is 2560. The van der Waals surface area contributed by atoms with Crippen LogP contribution in [-0.2, 0) is 0 Å². The van der Waals surface area contributed by atoms with Crippen molar-refractivity contribution in [3.63, 3.8) is 0 Å². The number of nitrogens with zero attached hydrogens (tertiary/aromatic N) is 3. The molecule has 0 atom stereocenters. The van der Waals surface area contributed by atoms with Gasteiger partial charge in [0.05, 0.1) is 22.2 Å². The minimum absolute atomic E-state index is 0.0806. The van der Waals surface area contributed by atoms with Gasteiger partial charge in [0.15, 0.2) is 0 Å². The van der Waals surface area contributed by atoms with Gasteiger partial charge >= 0.3 is 0 Å². The van der Waals surface area contributed by atoms with Crippen molar-refractivity contribution in [3.05, 3.63) is 138 Å². The number of hydrogen-bond acceptors (Lipinski definition) is 3. The number of furan rings is 1. The Morgan fingerprint density at radius 1 is 0.610 bits per heavy atom. The van der Waals surface area contributed by atoms with Gasteiger partial charge in [0, 0.05) is 39.5 Å². The minimum Gasteiger partial charge on any atom is -0.456 e. The number of para-hydroxylation sites is 4. The summed E-state index contributed by atoms with van der Waals surface area (Å²) in [6.07, 6.45) is 3.69. The standard InChI is InChI=1S/C36H21N3O2/c40-36-35-34(25-11-7-8-22-18-19-37-21-28(22)25)26-10-1-3-12-29(26)39(35)31-14-5-4-13-30(31)38(36)23-16-17-33-27(20-23)24-9-2-6-15-32(24)41-33/h1-21H. The van der Waals surface area contributed by atoms with E-state index in [9.17, 15) is 4.79 Å². The number of benzene rings is 5. The maximum Gasteiger partial charge on any atom is 0.280 e. The highest BCUT2D eigenvalue weighted by Crippen LogP contribution is 2.39. The van der Waals surface area contributed by atoms with Crippen molar-refractivity contribution < 1.29 is 4.42 Å². The predicted molar refractivity (Wildman–Crippen MR) is 166 cm³/mol. The fraction of sp³-hybridized carbons (Fsp3) is 0. The van der Waals surface area contributed by atoms with E-state index < -0.39 is 0 Å². The van der Waals surface area contributed by atoms with E-state index in [0.29, 0.717) is 5.52 Å². The number of rotatable bonds is 2. The first-order chi connectivity index (χ1) is 20.3. The minimum atomic E-state index is -0.0806. The smallest absolute Gasteiger partial charge is 0.280 e. The summed E-state index contributed by atoms with van der Waals surface area (Å²) in [6.45, 7) is 0. The van der Waals surface area contributed by atoms with Gasteiger partial charge in [-0.05, 0) is 59.5 Å². The molecule has 0 aliphatic heterocycles. The molecule has 0 saturated carbocycles. The second kappa shape index (κ2) is 8.16. The van der Waals surface area contributed by atoms with Crippen LogP contribution in [0.25, 0.3) is 77.0 Å². The molecule has 5 aromatic carbocycles. The Labute approximate surface area is 233 Å². The van der Waals surface area contributed by atoms with Crippen LogP contribution in [0.5, 0.6) is 0 Å². The summed E-state index contributed by atoms with van der Waals surface area (Å²) in [6, 6.07) is 38.6. The largest absolute Gasteiger partial charge is 0.456 e. The number of hydrogen-bond donors (Lipinski definition) is 0. The zero-order valence-corrected chi connectivity index (χ0v) is 21.8. The highest BCUT2D eigenvalue weighted by atomic mass is 16.3. The van der Waals surface area contributed by atoms with Gasteiger partial charge in [-0.15, -0.1) is 0 Å². The molecule has 0 unspecified atom stereocenters. The Hall–Kier alpha value is -5.68. The van der Waals surface area contributed by atoms with Gasteiger partial charge in [0.1, 0.15) is 16.7 Å². The third-order valence-electron chi connectivity index (χ3n) is 8.22. The van der Waals surface area contributed by atoms with E-state index in [1.165, 1.54) is 0 Å². The number of aromatic nitrogens is 3. The Balaban J connectivity index is 1.49. The van der Waals surface area contributed by atoms with Crippen LogP contribution in [0.4, 0.5) is 0 Å². The molecule has 9 rings (SSSR count). The van der Waals surface area contributed by atoms with Crippen LogP contribution in [0.2, 0.25) is 0 Å². The molecule has 4 heterocycles. The van der Waals surface area contributed by atoms with Crippen molar-refractivity contribution >= 4 is 60.2 Å². The summed E-state index contributed by atoms with van der Waals surface area (Å²) in [5, 5.41) is 5.13. The lowest BCUT2D eigenvalue weighted by Gasteiger charge is -2.14. The van der Waals surface area contributed by atoms with E-state index in [0.717, 1.165) is 71.5 Å². The molecule has 41 heavy (non-hydrogen) atoms. The summed E-state index contributed by atoms with van der Waals surface area (Å²) in [7, 11) is 0. The molecule has 0 radical (unpaired) electrons. The first-order valence-electron chi connectivity index (χ1n) is 13.6. The summed E-state index contributed by atoms with van der Waals surface area (Å²) in [5.74, 6) is 0. The van der Waals surface area contributed by atoms with Gasteiger partial charge in [-0.1, -0.05) is 66.7 Å². The summed E-state index contributed by atoms with van der Waals surface area (Å²) in [4.78, 5) is 19.3. The molecule has 0 amide bonds. The second-order valence-corrected chi connectivity index (χ2v) is 10.4. The molecule has 0 fully saturated rings. The molecular weight excluding hydrogens is 506 g/mol. The molecule has 0 aliphatic carbocycles. The van der Waals surface area contributed by atoms with Gasteiger partial charge in [0.2, 0.25) is 0 Å². The second-order valence-electron chi connectivity index (χ2n) is 10.4. The van der Waals surface area contributed by atoms with E-state index >= 15 is 0 Å². The van der Waals surface area contributed by atoms with Gasteiger partial charge in [-0.2, -0.15) is 0 Å². The van der Waals surface area contributed by atoms with Crippen LogP contribution in [-0.4, -0.2) is 14.0 Å². The molecule has 0 spiro atoms. The Morgan fingerprint density at radius 2 is 1.37 bits per heavy atom. The van der Waals surface area contributed by atoms with Crippen molar-refractivity contribution in [2.45, 2.75) is 0 Å². The van der Waals surface area contributed by atoms with Crippen LogP contribution in [0.3, 0.4) is 0 Å². The molecule has 0 saturated heterocycles. The number of fused-ring (bicyclic) bond motifs is 9. The maximum atomic E-state index is 14.9. The van der Waals surface area contributed by atoms with E-state index in [1.54, 1.807) is 6.20 Å². The van der Waals surface area contributed by atoms with Crippen LogP contribution in [0.1, 0.15) is 0 Å². The van der Waals surface area contributed by atoms with Gasteiger partial charge < -0.3 is 8.82 Å². The molecule has 9 aromatic rings. The molecule has 0 aliphatic rings. The first kappa shape index (κ1) is 22.2. The van der Waals surface area contributed by atoms with E-state index in [4.69, 9.17) is 4.42 Å². The predicted octanol–water partition coefficient (Wildman–Crippen LogP) is 8.51. The monoisotopic (exact) mass is 527 g/mol. The van der Waals surface area contributed by atoms with Crippen LogP contribution in [0.15, 0.2) is 137 Å². The maximum absolute atomic E-state index is 14.9. The van der Waals surface area contributed by atoms with Crippen LogP contribution < -0.4 is 5.56 Å². The van der Waals surface area contributed by atoms with Crippen molar-refractivity contribution in [2.24, 2.45) is 0 Å². The molecule has 0 N–H and O–H groups in total. The van der Waals surface area contributed by atoms with Crippen LogP contribution in [0, 0.1) is 0 Å². The molecule has 5 nitrogen and oxygen atoms in total. The highest BCUT2D eigenvalue weighted by Gasteiger charge is 2.23. The van der Waals surface area contributed by atoms with Crippen molar-refractivity contribution in [2.75, 3.05) is 0 Å². The third kappa shape index (κ3) is 3.00. The fourth-order valence-corrected chi connectivity index (χ4v) is 6.46. The number of pyridine rings is 1. The molecule has 4 aromatic heterocycles. The van der Waals surface area contributed by atoms with Crippen molar-refractivity contribution in [1.82, 2.24) is 14.0 Å². The normalized spacial score (nSPS) is 12.0. The average Bonchev–Trinajstić information content (AvgIpc) is 3.57. The van der Waals surface area contributed by atoms with Gasteiger partial charge in [-0.25, -0.2) is 0 Å². The quantitative estimate of drug-likeness (QED) is 0.226. The Morgan fingerprint density at radius 3 is 2.27 bits per heavy atom. The van der Waals surface area contributed by atoms with Crippen molar-refractivity contribution in [3.8, 4) is 16.8 Å². The van der Waals surface area contributed by atoms with Crippen molar-refractivity contribution in [1.29, 1.82) is 0 Å². The molecular formula is C36H21N3O2. The third-order valence-corrected chi connectivity index (χ3v) is 8.22. The van der Waals surface area contributed by atoms with E-state index in [1.807, 2.05) is 83.6 Å². The summed E-state index contributed by atoms with van der Waals surface area (Å²) >= 11 is 0. The lowest BCUT2D eigenvalue weighted by molar-refractivity contribution is 0.669. The molecule has 5 heteroatoms. The molecule has 192 valence electrons. The average molecular weight is 528 g/mol. The lowest BCUT2D eigenvalue weighted by atomic mass is 9.98. The van der Waals surface area contributed by atoms with Gasteiger partial charge in [-0.3, -0.25) is 14.3 Å². The van der Waals surface area contributed by atoms with Crippen LogP contribution >= 0.6 is 0 Å². The lowest BCUT2D eigenvalue weighted by Crippen LogP contribution is -2.21. The van der Waals surface area contributed by atoms with E-state index in [2.05, 4.69) is 51.8 Å². The topological polar surface area (TPSA) is 52.4 Å². The van der Waals surface area contributed by atoms with Gasteiger partial charge in [0.25, 0.3) is 5.56 Å². The summed E-state index contributed by atoms with van der Waals surface area (Å²) in [5.41, 5.74) is 7.68. The fourth-order valence-electron chi connectivity index (χ4n) is 6.46. The summed E-state index contributed by atoms with van der Waals surface area (Å²) < 4.78 is 10.1. The molecule has 0 bridgehead atoms. The highest BCUT2D eigenvalue weighted by molar-refractivity contribution is 6.13. The first-order valence-corrected chi connectivity index (χ1v) is 13.6. The Kier molecular flexibility index (Phi) is 4.41. The zero-order valence-electron chi connectivity index (χ0n) is 21.8. The van der Waals surface area contributed by atoms with E-state index in [-0.39, 0.29) is 5.56 Å². The zero-order chi connectivity index (χ0) is 27.1.